The lowest BCUT2D eigenvalue weighted by Gasteiger charge is -2.26. The lowest BCUT2D eigenvalue weighted by molar-refractivity contribution is 0.0899. The minimum atomic E-state index is -0.421. The van der Waals surface area contributed by atoms with Crippen molar-refractivity contribution in [1.82, 2.24) is 4.90 Å². The molecule has 0 aliphatic carbocycles. The number of ketones is 1. The van der Waals surface area contributed by atoms with Crippen molar-refractivity contribution in [2.75, 3.05) is 20.2 Å². The Hall–Kier alpha value is -1.42. The van der Waals surface area contributed by atoms with E-state index in [9.17, 15) is 9.18 Å². The van der Waals surface area contributed by atoms with Gasteiger partial charge in [-0.3, -0.25) is 9.69 Å². The first kappa shape index (κ1) is 15.6. The number of benzene rings is 1. The third-order valence-electron chi connectivity index (χ3n) is 3.43. The normalized spacial score (nSPS) is 12.5. The second kappa shape index (κ2) is 7.24. The fraction of sp³-hybridized carbons (Fsp3) is 0.533. The largest absolute Gasteiger partial charge is 0.496 e. The molecule has 0 heterocycles. The van der Waals surface area contributed by atoms with Gasteiger partial charge in [0, 0.05) is 6.04 Å². The van der Waals surface area contributed by atoms with E-state index in [1.807, 2.05) is 6.92 Å². The van der Waals surface area contributed by atoms with Gasteiger partial charge in [-0.15, -0.1) is 0 Å². The highest BCUT2D eigenvalue weighted by atomic mass is 19.1. The zero-order valence-corrected chi connectivity index (χ0v) is 12.1. The highest BCUT2D eigenvalue weighted by molar-refractivity contribution is 6.00. The maximum Gasteiger partial charge on any atom is 0.180 e. The van der Waals surface area contributed by atoms with E-state index in [-0.39, 0.29) is 12.3 Å². The van der Waals surface area contributed by atoms with Crippen LogP contribution in [0.3, 0.4) is 0 Å². The lowest BCUT2D eigenvalue weighted by atomic mass is 10.1. The SMILES string of the molecule is CCC(C)N(CC)CC(=O)c1cc(F)ccc1OC. The fourth-order valence-electron chi connectivity index (χ4n) is 2.01. The molecule has 0 aromatic heterocycles. The molecule has 3 nitrogen and oxygen atoms in total. The van der Waals surface area contributed by atoms with Crippen LogP contribution in [0.15, 0.2) is 18.2 Å². The fourth-order valence-corrected chi connectivity index (χ4v) is 2.01. The molecule has 0 spiro atoms. The number of hydrogen-bond donors (Lipinski definition) is 0. The van der Waals surface area contributed by atoms with Crippen LogP contribution in [0.5, 0.6) is 5.75 Å². The number of ether oxygens (including phenoxy) is 1. The number of carbonyl (C=O) groups is 1. The summed E-state index contributed by atoms with van der Waals surface area (Å²) in [7, 11) is 1.48. The second-order valence-electron chi connectivity index (χ2n) is 4.59. The van der Waals surface area contributed by atoms with E-state index >= 15 is 0 Å². The monoisotopic (exact) mass is 267 g/mol. The third-order valence-corrected chi connectivity index (χ3v) is 3.43. The van der Waals surface area contributed by atoms with Crippen LogP contribution < -0.4 is 4.74 Å². The van der Waals surface area contributed by atoms with Gasteiger partial charge in [0.05, 0.1) is 19.2 Å². The molecule has 19 heavy (non-hydrogen) atoms. The molecular formula is C15H22FNO2. The van der Waals surface area contributed by atoms with Gasteiger partial charge in [0.25, 0.3) is 0 Å². The molecule has 1 unspecified atom stereocenters. The standard InChI is InChI=1S/C15H22FNO2/c1-5-11(3)17(6-2)10-14(18)13-9-12(16)7-8-15(13)19-4/h7-9,11H,5-6,10H2,1-4H3. The summed E-state index contributed by atoms with van der Waals surface area (Å²) in [6, 6.07) is 4.35. The maximum atomic E-state index is 13.3. The lowest BCUT2D eigenvalue weighted by Crippen LogP contribution is -2.37. The highest BCUT2D eigenvalue weighted by Crippen LogP contribution is 2.20. The smallest absolute Gasteiger partial charge is 0.180 e. The molecule has 0 fully saturated rings. The summed E-state index contributed by atoms with van der Waals surface area (Å²) in [5.41, 5.74) is 0.309. The zero-order chi connectivity index (χ0) is 14.4. The van der Waals surface area contributed by atoms with Gasteiger partial charge < -0.3 is 4.74 Å². The van der Waals surface area contributed by atoms with Gasteiger partial charge >= 0.3 is 0 Å². The number of methoxy groups -OCH3 is 1. The predicted molar refractivity (Wildman–Crippen MR) is 74.3 cm³/mol. The molecule has 0 N–H and O–H groups in total. The van der Waals surface area contributed by atoms with E-state index in [1.165, 1.54) is 25.3 Å². The van der Waals surface area contributed by atoms with E-state index in [2.05, 4.69) is 18.7 Å². The van der Waals surface area contributed by atoms with E-state index in [1.54, 1.807) is 0 Å². The Kier molecular flexibility index (Phi) is 5.96. The first-order valence-corrected chi connectivity index (χ1v) is 6.64. The van der Waals surface area contributed by atoms with Gasteiger partial charge in [-0.1, -0.05) is 13.8 Å². The van der Waals surface area contributed by atoms with Crippen molar-refractivity contribution in [3.63, 3.8) is 0 Å². The highest BCUT2D eigenvalue weighted by Gasteiger charge is 2.18. The molecule has 0 saturated heterocycles. The molecular weight excluding hydrogens is 245 g/mol. The third kappa shape index (κ3) is 4.03. The van der Waals surface area contributed by atoms with E-state index in [4.69, 9.17) is 4.74 Å². The van der Waals surface area contributed by atoms with Crippen molar-refractivity contribution < 1.29 is 13.9 Å². The minimum absolute atomic E-state index is 0.112. The summed E-state index contributed by atoms with van der Waals surface area (Å²) in [4.78, 5) is 14.4. The van der Waals surface area contributed by atoms with Crippen molar-refractivity contribution in [3.05, 3.63) is 29.6 Å². The van der Waals surface area contributed by atoms with E-state index < -0.39 is 5.82 Å². The molecule has 0 bridgehead atoms. The molecule has 0 aliphatic rings. The van der Waals surface area contributed by atoms with Gasteiger partial charge in [0.2, 0.25) is 0 Å². The Balaban J connectivity index is 2.91. The van der Waals surface area contributed by atoms with Crippen molar-refractivity contribution >= 4 is 5.78 Å². The van der Waals surface area contributed by atoms with Crippen LogP contribution in [0.4, 0.5) is 4.39 Å². The molecule has 1 aromatic rings. The van der Waals surface area contributed by atoms with Gasteiger partial charge in [0.1, 0.15) is 11.6 Å². The van der Waals surface area contributed by atoms with Gasteiger partial charge in [-0.05, 0) is 38.1 Å². The number of carbonyl (C=O) groups excluding carboxylic acids is 1. The Labute approximate surface area is 114 Å². The van der Waals surface area contributed by atoms with Gasteiger partial charge in [-0.25, -0.2) is 4.39 Å². The molecule has 0 saturated carbocycles. The van der Waals surface area contributed by atoms with Crippen LogP contribution >= 0.6 is 0 Å². The molecule has 0 amide bonds. The summed E-state index contributed by atoms with van der Waals surface area (Å²) < 4.78 is 18.4. The predicted octanol–water partition coefficient (Wildman–Crippen LogP) is 3.14. The molecule has 1 rings (SSSR count). The average molecular weight is 267 g/mol. The number of halogens is 1. The number of rotatable bonds is 7. The van der Waals surface area contributed by atoms with Crippen LogP contribution in [0.1, 0.15) is 37.6 Å². The zero-order valence-electron chi connectivity index (χ0n) is 12.1. The number of hydrogen-bond acceptors (Lipinski definition) is 3. The van der Waals surface area contributed by atoms with E-state index in [0.717, 1.165) is 13.0 Å². The molecule has 1 atom stereocenters. The average Bonchev–Trinajstić information content (AvgIpc) is 2.43. The summed E-state index contributed by atoms with van der Waals surface area (Å²) in [5, 5.41) is 0. The summed E-state index contributed by atoms with van der Waals surface area (Å²) in [5.74, 6) is -0.110. The number of likely N-dealkylation sites (N-methyl/N-ethyl adjacent to an activating group) is 1. The minimum Gasteiger partial charge on any atom is -0.496 e. The molecule has 1 aromatic carbocycles. The summed E-state index contributed by atoms with van der Waals surface area (Å²) in [6.45, 7) is 7.26. The Morgan fingerprint density at radius 2 is 2.11 bits per heavy atom. The Bertz CT molecular complexity index is 434. The number of Topliss-reactive ketones (excluding diaryl/α,β-unsaturated/α-hetero) is 1. The van der Waals surface area contributed by atoms with Crippen molar-refractivity contribution in [2.45, 2.75) is 33.2 Å². The van der Waals surface area contributed by atoms with Crippen LogP contribution in [0.2, 0.25) is 0 Å². The first-order valence-electron chi connectivity index (χ1n) is 6.64. The Morgan fingerprint density at radius 1 is 1.42 bits per heavy atom. The Morgan fingerprint density at radius 3 is 2.63 bits per heavy atom. The van der Waals surface area contributed by atoms with Crippen molar-refractivity contribution in [2.24, 2.45) is 0 Å². The van der Waals surface area contributed by atoms with Crippen LogP contribution in [0, 0.1) is 5.82 Å². The molecule has 0 aliphatic heterocycles. The van der Waals surface area contributed by atoms with Gasteiger partial charge in [0.15, 0.2) is 5.78 Å². The van der Waals surface area contributed by atoms with Crippen LogP contribution in [-0.2, 0) is 0 Å². The van der Waals surface area contributed by atoms with Crippen molar-refractivity contribution in [3.8, 4) is 5.75 Å². The van der Waals surface area contributed by atoms with Gasteiger partial charge in [-0.2, -0.15) is 0 Å². The van der Waals surface area contributed by atoms with Crippen LogP contribution in [-0.4, -0.2) is 36.9 Å². The molecule has 0 radical (unpaired) electrons. The van der Waals surface area contributed by atoms with Crippen molar-refractivity contribution in [1.29, 1.82) is 0 Å². The topological polar surface area (TPSA) is 29.5 Å². The number of nitrogens with zero attached hydrogens (tertiary/aromatic N) is 1. The maximum absolute atomic E-state index is 13.3. The molecule has 4 heteroatoms. The van der Waals surface area contributed by atoms with Crippen LogP contribution in [0.25, 0.3) is 0 Å². The summed E-state index contributed by atoms with van der Waals surface area (Å²) >= 11 is 0. The molecule has 106 valence electrons. The first-order chi connectivity index (χ1) is 9.03. The quantitative estimate of drug-likeness (QED) is 0.711. The summed E-state index contributed by atoms with van der Waals surface area (Å²) in [6.07, 6.45) is 0.974. The second-order valence-corrected chi connectivity index (χ2v) is 4.59. The van der Waals surface area contributed by atoms with E-state index in [0.29, 0.717) is 17.4 Å².